The van der Waals surface area contributed by atoms with Gasteiger partial charge in [-0.25, -0.2) is 4.79 Å². The van der Waals surface area contributed by atoms with Crippen molar-refractivity contribution < 1.29 is 32.3 Å². The number of hydrogen-bond acceptors (Lipinski definition) is 4. The number of nitrogens with zero attached hydrogens (tertiary/aromatic N) is 2. The summed E-state index contributed by atoms with van der Waals surface area (Å²) in [5.74, 6) is -1.41. The van der Waals surface area contributed by atoms with E-state index in [2.05, 4.69) is 4.74 Å². The van der Waals surface area contributed by atoms with Gasteiger partial charge in [-0.05, 0) is 24.3 Å². The van der Waals surface area contributed by atoms with Gasteiger partial charge in [-0.15, -0.1) is 0 Å². The zero-order valence-electron chi connectivity index (χ0n) is 14.0. The summed E-state index contributed by atoms with van der Waals surface area (Å²) in [5, 5.41) is 0. The Balaban J connectivity index is 1.93. The van der Waals surface area contributed by atoms with Crippen LogP contribution in [0.25, 0.3) is 0 Å². The molecule has 1 aliphatic rings. The highest BCUT2D eigenvalue weighted by Gasteiger charge is 2.31. The summed E-state index contributed by atoms with van der Waals surface area (Å²) in [6.45, 7) is 1.02. The van der Waals surface area contributed by atoms with Crippen LogP contribution in [0, 0.1) is 0 Å². The second kappa shape index (κ2) is 8.03. The van der Waals surface area contributed by atoms with E-state index in [-0.39, 0.29) is 37.6 Å². The molecular weight excluding hydrogens is 353 g/mol. The molecule has 1 fully saturated rings. The number of benzene rings is 1. The maximum absolute atomic E-state index is 12.6. The molecule has 0 aromatic heterocycles. The number of amides is 2. The minimum absolute atomic E-state index is 0.156. The molecule has 6 nitrogen and oxygen atoms in total. The molecule has 0 saturated carbocycles. The molecule has 0 unspecified atom stereocenters. The van der Waals surface area contributed by atoms with E-state index in [1.807, 2.05) is 0 Å². The van der Waals surface area contributed by atoms with Crippen molar-refractivity contribution >= 4 is 17.8 Å². The minimum atomic E-state index is -4.45. The molecular formula is C17H17F3N2O4. The van der Waals surface area contributed by atoms with Crippen LogP contribution in [0.4, 0.5) is 13.2 Å². The van der Waals surface area contributed by atoms with Gasteiger partial charge in [0, 0.05) is 43.9 Å². The fourth-order valence-electron chi connectivity index (χ4n) is 2.43. The van der Waals surface area contributed by atoms with Crippen molar-refractivity contribution in [2.45, 2.75) is 6.18 Å². The number of methoxy groups -OCH3 is 1. The summed E-state index contributed by atoms with van der Waals surface area (Å²) < 4.78 is 42.1. The Bertz CT molecular complexity index is 706. The normalized spacial score (nSPS) is 15.2. The van der Waals surface area contributed by atoms with Gasteiger partial charge in [0.15, 0.2) is 0 Å². The molecule has 0 atom stereocenters. The molecule has 1 aliphatic heterocycles. The summed E-state index contributed by atoms with van der Waals surface area (Å²) in [6, 6.07) is 4.01. The number of carbonyl (C=O) groups is 3. The third kappa shape index (κ3) is 4.84. The first-order valence-electron chi connectivity index (χ1n) is 7.74. The number of hydrogen-bond donors (Lipinski definition) is 0. The van der Waals surface area contributed by atoms with E-state index in [0.29, 0.717) is 0 Å². The molecule has 1 aromatic rings. The van der Waals surface area contributed by atoms with Gasteiger partial charge in [-0.1, -0.05) is 0 Å². The third-order valence-electron chi connectivity index (χ3n) is 3.90. The van der Waals surface area contributed by atoms with E-state index >= 15 is 0 Å². The van der Waals surface area contributed by atoms with E-state index < -0.39 is 23.6 Å². The molecule has 0 spiro atoms. The van der Waals surface area contributed by atoms with Crippen molar-refractivity contribution in [3.63, 3.8) is 0 Å². The van der Waals surface area contributed by atoms with Gasteiger partial charge >= 0.3 is 12.1 Å². The van der Waals surface area contributed by atoms with Crippen LogP contribution in [0.3, 0.4) is 0 Å². The van der Waals surface area contributed by atoms with Crippen LogP contribution in [0.15, 0.2) is 36.4 Å². The second-order valence-electron chi connectivity index (χ2n) is 5.55. The maximum Gasteiger partial charge on any atom is 0.416 e. The van der Waals surface area contributed by atoms with Crippen LogP contribution in [0.1, 0.15) is 15.9 Å². The lowest BCUT2D eigenvalue weighted by atomic mass is 10.1. The molecule has 0 aliphatic carbocycles. The fourth-order valence-corrected chi connectivity index (χ4v) is 2.43. The van der Waals surface area contributed by atoms with E-state index in [1.165, 1.54) is 16.9 Å². The van der Waals surface area contributed by atoms with Gasteiger partial charge in [0.1, 0.15) is 0 Å². The first-order valence-corrected chi connectivity index (χ1v) is 7.74. The highest BCUT2D eigenvalue weighted by atomic mass is 19.4. The predicted molar refractivity (Wildman–Crippen MR) is 85.1 cm³/mol. The second-order valence-corrected chi connectivity index (χ2v) is 5.55. The lowest BCUT2D eigenvalue weighted by Crippen LogP contribution is -2.50. The van der Waals surface area contributed by atoms with Gasteiger partial charge < -0.3 is 14.5 Å². The topological polar surface area (TPSA) is 66.9 Å². The van der Waals surface area contributed by atoms with Crippen molar-refractivity contribution in [2.24, 2.45) is 0 Å². The molecule has 1 saturated heterocycles. The van der Waals surface area contributed by atoms with Crippen LogP contribution >= 0.6 is 0 Å². The molecule has 9 heteroatoms. The van der Waals surface area contributed by atoms with Crippen LogP contribution < -0.4 is 0 Å². The Labute approximate surface area is 147 Å². The van der Waals surface area contributed by atoms with E-state index in [0.717, 1.165) is 36.4 Å². The summed E-state index contributed by atoms with van der Waals surface area (Å²) in [5.41, 5.74) is -0.662. The highest BCUT2D eigenvalue weighted by Crippen LogP contribution is 2.29. The quantitative estimate of drug-likeness (QED) is 0.600. The highest BCUT2D eigenvalue weighted by molar-refractivity contribution is 5.96. The van der Waals surface area contributed by atoms with Crippen LogP contribution in [0.5, 0.6) is 0 Å². The van der Waals surface area contributed by atoms with Crippen LogP contribution in [-0.4, -0.2) is 60.9 Å². The number of halogens is 3. The first kappa shape index (κ1) is 19.5. The zero-order valence-corrected chi connectivity index (χ0v) is 14.0. The number of esters is 1. The Hall–Kier alpha value is -2.84. The molecule has 140 valence electrons. The SMILES string of the molecule is COC(=O)/C=C/C(=O)N1CCN(C(=O)c2ccc(C(F)(F)F)cc2)CC1. The molecule has 1 aromatic carbocycles. The largest absolute Gasteiger partial charge is 0.466 e. The first-order chi connectivity index (χ1) is 12.2. The maximum atomic E-state index is 12.6. The summed E-state index contributed by atoms with van der Waals surface area (Å²) >= 11 is 0. The van der Waals surface area contributed by atoms with Crippen molar-refractivity contribution in [3.05, 3.63) is 47.5 Å². The molecule has 26 heavy (non-hydrogen) atoms. The van der Waals surface area contributed by atoms with Crippen LogP contribution in [-0.2, 0) is 20.5 Å². The number of piperazine rings is 1. The molecule has 1 heterocycles. The van der Waals surface area contributed by atoms with E-state index in [4.69, 9.17) is 0 Å². The smallest absolute Gasteiger partial charge is 0.416 e. The Kier molecular flexibility index (Phi) is 6.01. The molecule has 0 bridgehead atoms. The standard InChI is InChI=1S/C17H17F3N2O4/c1-26-15(24)7-6-14(23)21-8-10-22(11-9-21)16(25)12-2-4-13(5-3-12)17(18,19)20/h2-7H,8-11H2,1H3/b7-6+. The van der Waals surface area contributed by atoms with Crippen LogP contribution in [0.2, 0.25) is 0 Å². The lowest BCUT2D eigenvalue weighted by Gasteiger charge is -2.34. The number of alkyl halides is 3. The molecule has 0 radical (unpaired) electrons. The average Bonchev–Trinajstić information content (AvgIpc) is 2.64. The minimum Gasteiger partial charge on any atom is -0.466 e. The van der Waals surface area contributed by atoms with Crippen molar-refractivity contribution in [3.8, 4) is 0 Å². The lowest BCUT2D eigenvalue weighted by molar-refractivity contribution is -0.137. The summed E-state index contributed by atoms with van der Waals surface area (Å²) in [6.07, 6.45) is -2.34. The molecule has 0 N–H and O–H groups in total. The van der Waals surface area contributed by atoms with Crippen molar-refractivity contribution in [2.75, 3.05) is 33.3 Å². The molecule has 2 amide bonds. The van der Waals surface area contributed by atoms with Gasteiger partial charge in [0.2, 0.25) is 5.91 Å². The predicted octanol–water partition coefficient (Wildman–Crippen LogP) is 1.72. The number of ether oxygens (including phenoxy) is 1. The number of rotatable bonds is 3. The molecule has 2 rings (SSSR count). The summed E-state index contributed by atoms with van der Waals surface area (Å²) in [7, 11) is 1.20. The Morgan fingerprint density at radius 3 is 2.00 bits per heavy atom. The van der Waals surface area contributed by atoms with Gasteiger partial charge in [-0.2, -0.15) is 13.2 Å². The van der Waals surface area contributed by atoms with E-state index in [9.17, 15) is 27.6 Å². The third-order valence-corrected chi connectivity index (χ3v) is 3.90. The summed E-state index contributed by atoms with van der Waals surface area (Å²) in [4.78, 5) is 38.2. The van der Waals surface area contributed by atoms with E-state index in [1.54, 1.807) is 0 Å². The van der Waals surface area contributed by atoms with Gasteiger partial charge in [0.05, 0.1) is 12.7 Å². The van der Waals surface area contributed by atoms with Gasteiger partial charge in [-0.3, -0.25) is 9.59 Å². The Morgan fingerprint density at radius 2 is 1.50 bits per heavy atom. The van der Waals surface area contributed by atoms with Crippen molar-refractivity contribution in [1.29, 1.82) is 0 Å². The average molecular weight is 370 g/mol. The van der Waals surface area contributed by atoms with Gasteiger partial charge in [0.25, 0.3) is 5.91 Å². The monoisotopic (exact) mass is 370 g/mol. The zero-order chi connectivity index (χ0) is 19.3. The number of carbonyl (C=O) groups excluding carboxylic acids is 3. The van der Waals surface area contributed by atoms with Crippen molar-refractivity contribution in [1.82, 2.24) is 9.80 Å². The Morgan fingerprint density at radius 1 is 0.962 bits per heavy atom. The fraction of sp³-hybridized carbons (Fsp3) is 0.353.